The van der Waals surface area contributed by atoms with Gasteiger partial charge in [0.2, 0.25) is 5.95 Å². The van der Waals surface area contributed by atoms with Crippen LogP contribution in [0.4, 0.5) is 16.2 Å². The molecule has 3 aromatic rings. The van der Waals surface area contributed by atoms with Gasteiger partial charge in [-0.3, -0.25) is 9.69 Å². The number of aryl methyl sites for hydroxylation is 2. The Balaban J connectivity index is 1.20. The summed E-state index contributed by atoms with van der Waals surface area (Å²) in [5.74, 6) is 1.04. The van der Waals surface area contributed by atoms with Crippen molar-refractivity contribution in [1.29, 1.82) is 0 Å². The predicted molar refractivity (Wildman–Crippen MR) is 185 cm³/mol. The lowest BCUT2D eigenvalue weighted by atomic mass is 9.78. The Hall–Kier alpha value is -3.11. The van der Waals surface area contributed by atoms with Gasteiger partial charge >= 0.3 is 5.97 Å². The maximum absolute atomic E-state index is 14.3. The third kappa shape index (κ3) is 7.05. The Morgan fingerprint density at radius 2 is 1.85 bits per heavy atom. The molecule has 5 atom stereocenters. The van der Waals surface area contributed by atoms with Crippen molar-refractivity contribution in [3.8, 4) is 0 Å². The molecule has 1 saturated carbocycles. The van der Waals surface area contributed by atoms with Gasteiger partial charge in [0.15, 0.2) is 0 Å². The van der Waals surface area contributed by atoms with E-state index in [0.29, 0.717) is 23.9 Å². The van der Waals surface area contributed by atoms with E-state index in [-0.39, 0.29) is 29.7 Å². The number of fused-ring (bicyclic) bond motifs is 3. The molecule has 0 spiro atoms. The number of aromatic nitrogens is 3. The van der Waals surface area contributed by atoms with Crippen molar-refractivity contribution in [2.75, 3.05) is 17.2 Å². The Kier molecular flexibility index (Phi) is 9.78. The van der Waals surface area contributed by atoms with E-state index in [1.807, 2.05) is 17.6 Å². The number of thiazole rings is 1. The van der Waals surface area contributed by atoms with Crippen molar-refractivity contribution < 1.29 is 14.3 Å². The molecule has 7 rings (SSSR count). The molecule has 4 heterocycles. The maximum Gasteiger partial charge on any atom is 0.306 e. The molecule has 47 heavy (non-hydrogen) atoms. The molecular weight excluding hydrogens is 612 g/mol. The highest BCUT2D eigenvalue weighted by atomic mass is 32.1. The predicted octanol–water partition coefficient (Wildman–Crippen LogP) is 7.90. The lowest BCUT2D eigenvalue weighted by molar-refractivity contribution is -0.143. The van der Waals surface area contributed by atoms with E-state index >= 15 is 0 Å². The maximum atomic E-state index is 14.3. The smallest absolute Gasteiger partial charge is 0.306 e. The number of carbonyl (C=O) groups is 1. The summed E-state index contributed by atoms with van der Waals surface area (Å²) in [6, 6.07) is 8.60. The van der Waals surface area contributed by atoms with E-state index in [9.17, 15) is 14.3 Å². The van der Waals surface area contributed by atoms with Crippen LogP contribution in [0.1, 0.15) is 117 Å². The highest BCUT2D eigenvalue weighted by molar-refractivity contribution is 7.09. The minimum absolute atomic E-state index is 0.0540. The third-order valence-electron chi connectivity index (χ3n) is 11.7. The molecule has 252 valence electrons. The molecular formula is C37H49FN6O2S. The number of nitrogens with one attached hydrogen (secondary N) is 2. The van der Waals surface area contributed by atoms with Crippen LogP contribution in [-0.2, 0) is 17.6 Å². The number of anilines is 2. The van der Waals surface area contributed by atoms with Gasteiger partial charge < -0.3 is 15.7 Å². The van der Waals surface area contributed by atoms with Gasteiger partial charge in [-0.15, -0.1) is 11.3 Å². The number of carboxylic acids is 1. The first-order valence-corrected chi connectivity index (χ1v) is 18.8. The monoisotopic (exact) mass is 660 g/mol. The number of piperidine rings is 1. The molecule has 8 nitrogen and oxygen atoms in total. The molecule has 3 N–H and O–H groups in total. The van der Waals surface area contributed by atoms with Crippen LogP contribution in [-0.4, -0.2) is 55.6 Å². The first-order chi connectivity index (χ1) is 22.9. The van der Waals surface area contributed by atoms with Crippen molar-refractivity contribution >= 4 is 29.1 Å². The molecule has 0 amide bonds. The zero-order valence-corrected chi connectivity index (χ0v) is 28.6. The van der Waals surface area contributed by atoms with E-state index < -0.39 is 5.97 Å². The van der Waals surface area contributed by atoms with Crippen molar-refractivity contribution in [2.45, 2.75) is 127 Å². The Labute approximate surface area is 282 Å². The molecule has 2 aliphatic carbocycles. The fraction of sp³-hybridized carbons (Fsp3) is 0.622. The second-order valence-corrected chi connectivity index (χ2v) is 15.3. The molecule has 2 unspecified atom stereocenters. The summed E-state index contributed by atoms with van der Waals surface area (Å²) < 4.78 is 14.3. The topological polar surface area (TPSA) is 103 Å². The van der Waals surface area contributed by atoms with E-state index in [2.05, 4.69) is 34.4 Å². The van der Waals surface area contributed by atoms with Crippen molar-refractivity contribution in [2.24, 2.45) is 11.8 Å². The van der Waals surface area contributed by atoms with Crippen LogP contribution < -0.4 is 10.6 Å². The number of rotatable bonds is 11. The van der Waals surface area contributed by atoms with Crippen LogP contribution in [0, 0.1) is 24.6 Å². The summed E-state index contributed by atoms with van der Waals surface area (Å²) in [5.41, 5.74) is 6.27. The number of aliphatic carboxylic acids is 1. The summed E-state index contributed by atoms with van der Waals surface area (Å²) in [4.78, 5) is 30.6. The van der Waals surface area contributed by atoms with Crippen LogP contribution in [0.25, 0.3) is 0 Å². The lowest BCUT2D eigenvalue weighted by Gasteiger charge is -2.38. The average Bonchev–Trinajstić information content (AvgIpc) is 3.59. The minimum Gasteiger partial charge on any atom is -0.481 e. The first-order valence-electron chi connectivity index (χ1n) is 17.9. The van der Waals surface area contributed by atoms with Crippen LogP contribution in [0.15, 0.2) is 29.8 Å². The molecule has 4 aliphatic rings. The fourth-order valence-corrected chi connectivity index (χ4v) is 9.91. The van der Waals surface area contributed by atoms with Gasteiger partial charge in [-0.05, 0) is 114 Å². The van der Waals surface area contributed by atoms with Gasteiger partial charge in [-0.1, -0.05) is 25.5 Å². The molecule has 2 saturated heterocycles. The number of hydrogen-bond acceptors (Lipinski definition) is 8. The molecule has 0 radical (unpaired) electrons. The molecule has 2 aliphatic heterocycles. The zero-order valence-electron chi connectivity index (χ0n) is 27.8. The van der Waals surface area contributed by atoms with Gasteiger partial charge in [0.1, 0.15) is 11.6 Å². The van der Waals surface area contributed by atoms with E-state index in [4.69, 9.17) is 9.97 Å². The SMILES string of the molecule is CC[C@@H](Nc1nc2c(c(N[C@@H](CN3C4CCCC3CC4)c3scnc3C)n1)C[C@H](c1cccc(F)c1)CC2)C1CCC(C(=O)O)CC1. The van der Waals surface area contributed by atoms with E-state index in [1.54, 1.807) is 17.4 Å². The van der Waals surface area contributed by atoms with Crippen LogP contribution >= 0.6 is 11.3 Å². The van der Waals surface area contributed by atoms with Crippen molar-refractivity contribution in [1.82, 2.24) is 19.9 Å². The quantitative estimate of drug-likeness (QED) is 0.191. The fourth-order valence-electron chi connectivity index (χ4n) is 9.07. The number of hydrogen-bond donors (Lipinski definition) is 3. The molecule has 1 aromatic carbocycles. The largest absolute Gasteiger partial charge is 0.481 e. The standard InChI is InChI=1S/C37H49FN6O2S/c1-3-31(23-10-12-24(13-11-23)36(45)46)41-37-42-32-17-14-26(25-6-4-7-27(38)18-25)19-30(32)35(43-37)40-33(34-22(2)39-21-47-34)20-44-28-8-5-9-29(44)16-15-28/h4,6-7,18,21,23-24,26,28-29,31,33H,3,5,8-17,19-20H2,1-2H3,(H,45,46)(H2,40,41,42,43)/t23?,24?,26-,28?,29?,31-,33+/m1/s1. The van der Waals surface area contributed by atoms with Crippen molar-refractivity contribution in [3.63, 3.8) is 0 Å². The van der Waals surface area contributed by atoms with Crippen LogP contribution in [0.3, 0.4) is 0 Å². The number of nitrogens with zero attached hydrogens (tertiary/aromatic N) is 4. The number of benzene rings is 1. The Morgan fingerprint density at radius 1 is 1.06 bits per heavy atom. The summed E-state index contributed by atoms with van der Waals surface area (Å²) in [5, 5.41) is 17.2. The number of carboxylic acid groups (broad SMARTS) is 1. The minimum atomic E-state index is -0.668. The summed E-state index contributed by atoms with van der Waals surface area (Å²) in [6.07, 6.45) is 13.1. The van der Waals surface area contributed by atoms with Crippen LogP contribution in [0.5, 0.6) is 0 Å². The molecule has 2 bridgehead atoms. The molecule has 3 fully saturated rings. The van der Waals surface area contributed by atoms with Crippen LogP contribution in [0.2, 0.25) is 0 Å². The lowest BCUT2D eigenvalue weighted by Crippen LogP contribution is -2.43. The summed E-state index contributed by atoms with van der Waals surface area (Å²) in [6.45, 7) is 5.23. The third-order valence-corrected chi connectivity index (χ3v) is 12.7. The van der Waals surface area contributed by atoms with E-state index in [0.717, 1.165) is 86.2 Å². The highest BCUT2D eigenvalue weighted by Gasteiger charge is 2.39. The summed E-state index contributed by atoms with van der Waals surface area (Å²) in [7, 11) is 0. The average molecular weight is 661 g/mol. The Bertz CT molecular complexity index is 1540. The molecule has 2 aromatic heterocycles. The number of halogens is 1. The summed E-state index contributed by atoms with van der Waals surface area (Å²) >= 11 is 1.72. The normalized spacial score (nSPS) is 27.2. The van der Waals surface area contributed by atoms with Gasteiger partial charge in [0.05, 0.1) is 33.7 Å². The highest BCUT2D eigenvalue weighted by Crippen LogP contribution is 2.41. The van der Waals surface area contributed by atoms with E-state index in [1.165, 1.54) is 43.0 Å². The van der Waals surface area contributed by atoms with Gasteiger partial charge in [0, 0.05) is 30.2 Å². The van der Waals surface area contributed by atoms with Gasteiger partial charge in [-0.2, -0.15) is 4.98 Å². The Morgan fingerprint density at radius 3 is 2.53 bits per heavy atom. The zero-order chi connectivity index (χ0) is 32.5. The van der Waals surface area contributed by atoms with Gasteiger partial charge in [-0.25, -0.2) is 14.4 Å². The van der Waals surface area contributed by atoms with Crippen molar-refractivity contribution in [3.05, 3.63) is 63.0 Å². The second kappa shape index (κ2) is 14.2. The second-order valence-electron chi connectivity index (χ2n) is 14.4. The van der Waals surface area contributed by atoms with Gasteiger partial charge in [0.25, 0.3) is 0 Å². The first kappa shape index (κ1) is 32.4. The molecule has 10 heteroatoms.